The fourth-order valence-corrected chi connectivity index (χ4v) is 5.07. The lowest BCUT2D eigenvalue weighted by molar-refractivity contribution is 0.0719. The molecule has 146 valence electrons. The van der Waals surface area contributed by atoms with Gasteiger partial charge in [0.15, 0.2) is 21.3 Å². The van der Waals surface area contributed by atoms with Crippen molar-refractivity contribution in [2.75, 3.05) is 13.1 Å². The minimum absolute atomic E-state index is 0.106. The average Bonchev–Trinajstić information content (AvgIpc) is 3.39. The van der Waals surface area contributed by atoms with Crippen LogP contribution in [0.15, 0.2) is 58.0 Å². The maximum absolute atomic E-state index is 13.1. The maximum Gasteiger partial charge on any atom is 0.274 e. The van der Waals surface area contributed by atoms with Crippen molar-refractivity contribution in [2.45, 2.75) is 23.0 Å². The van der Waals surface area contributed by atoms with Gasteiger partial charge in [0.1, 0.15) is 11.5 Å². The van der Waals surface area contributed by atoms with Gasteiger partial charge in [-0.15, -0.1) is 0 Å². The molecule has 0 atom stereocenters. The zero-order chi connectivity index (χ0) is 19.7. The van der Waals surface area contributed by atoms with E-state index in [2.05, 4.69) is 10.2 Å². The fraction of sp³-hybridized carbons (Fsp3) is 0.263. The normalized spacial score (nSPS) is 15.7. The minimum Gasteiger partial charge on any atom is -0.463 e. The zero-order valence-corrected chi connectivity index (χ0v) is 15.7. The first kappa shape index (κ1) is 18.4. The number of carbonyl (C=O) groups excluding carboxylic acids is 1. The van der Waals surface area contributed by atoms with Crippen molar-refractivity contribution in [2.24, 2.45) is 0 Å². The molecule has 0 unspecified atom stereocenters. The molecule has 1 aliphatic heterocycles. The van der Waals surface area contributed by atoms with E-state index in [0.717, 1.165) is 12.1 Å². The molecule has 0 bridgehead atoms. The Labute approximate surface area is 161 Å². The number of nitrogens with one attached hydrogen (secondary N) is 1. The van der Waals surface area contributed by atoms with Crippen LogP contribution in [-0.4, -0.2) is 47.8 Å². The van der Waals surface area contributed by atoms with Crippen molar-refractivity contribution < 1.29 is 22.0 Å². The second-order valence-corrected chi connectivity index (χ2v) is 8.86. The van der Waals surface area contributed by atoms with E-state index in [-0.39, 0.29) is 16.5 Å². The number of aromatic nitrogens is 2. The van der Waals surface area contributed by atoms with Gasteiger partial charge >= 0.3 is 0 Å². The summed E-state index contributed by atoms with van der Waals surface area (Å²) in [5.41, 5.74) is 0.855. The lowest BCUT2D eigenvalue weighted by atomic mass is 10.1. The SMILES string of the molecule is O=C(c1cc(-c2ccco2)[nH]n1)N1CCC(S(=O)(=O)c2ccc(F)cc2)CC1. The van der Waals surface area contributed by atoms with Crippen LogP contribution >= 0.6 is 0 Å². The Balaban J connectivity index is 1.42. The highest BCUT2D eigenvalue weighted by Gasteiger charge is 2.33. The van der Waals surface area contributed by atoms with Crippen LogP contribution in [0.2, 0.25) is 0 Å². The Morgan fingerprint density at radius 3 is 2.54 bits per heavy atom. The second-order valence-electron chi connectivity index (χ2n) is 6.63. The van der Waals surface area contributed by atoms with Gasteiger partial charge < -0.3 is 9.32 Å². The number of piperidine rings is 1. The highest BCUT2D eigenvalue weighted by molar-refractivity contribution is 7.92. The molecular formula is C19H18FN3O4S. The number of hydrogen-bond acceptors (Lipinski definition) is 5. The van der Waals surface area contributed by atoms with Gasteiger partial charge in [0.2, 0.25) is 0 Å². The van der Waals surface area contributed by atoms with Crippen LogP contribution in [0, 0.1) is 5.82 Å². The number of halogens is 1. The van der Waals surface area contributed by atoms with Crippen LogP contribution in [0.4, 0.5) is 4.39 Å². The Kier molecular flexibility index (Phi) is 4.76. The molecule has 3 heterocycles. The number of furan rings is 1. The molecule has 1 fully saturated rings. The van der Waals surface area contributed by atoms with Crippen LogP contribution in [0.25, 0.3) is 11.5 Å². The molecule has 1 aliphatic rings. The number of nitrogens with zero attached hydrogens (tertiary/aromatic N) is 2. The number of carbonyl (C=O) groups is 1. The first-order valence-electron chi connectivity index (χ1n) is 8.83. The third-order valence-electron chi connectivity index (χ3n) is 4.89. The summed E-state index contributed by atoms with van der Waals surface area (Å²) >= 11 is 0. The molecule has 0 radical (unpaired) electrons. The third-order valence-corrected chi connectivity index (χ3v) is 7.17. The summed E-state index contributed by atoms with van der Waals surface area (Å²) in [6.45, 7) is 0.625. The number of H-pyrrole nitrogens is 1. The van der Waals surface area contributed by atoms with Gasteiger partial charge in [-0.2, -0.15) is 5.10 Å². The predicted molar refractivity (Wildman–Crippen MR) is 98.8 cm³/mol. The number of likely N-dealkylation sites (tertiary alicyclic amines) is 1. The van der Waals surface area contributed by atoms with E-state index in [1.807, 2.05) is 0 Å². The molecule has 1 saturated heterocycles. The highest BCUT2D eigenvalue weighted by atomic mass is 32.2. The molecule has 1 aromatic carbocycles. The van der Waals surface area contributed by atoms with Crippen molar-refractivity contribution in [1.29, 1.82) is 0 Å². The third kappa shape index (κ3) is 3.45. The van der Waals surface area contributed by atoms with E-state index < -0.39 is 20.9 Å². The van der Waals surface area contributed by atoms with Gasteiger partial charge in [-0.25, -0.2) is 12.8 Å². The Morgan fingerprint density at radius 1 is 1.18 bits per heavy atom. The lowest BCUT2D eigenvalue weighted by Crippen LogP contribution is -2.42. The van der Waals surface area contributed by atoms with Gasteiger partial charge in [0.25, 0.3) is 5.91 Å². The largest absolute Gasteiger partial charge is 0.463 e. The molecule has 0 aliphatic carbocycles. The number of rotatable bonds is 4. The number of sulfone groups is 1. The number of benzene rings is 1. The summed E-state index contributed by atoms with van der Waals surface area (Å²) in [4.78, 5) is 14.4. The topological polar surface area (TPSA) is 96.3 Å². The monoisotopic (exact) mass is 403 g/mol. The van der Waals surface area contributed by atoms with Crippen LogP contribution in [0.5, 0.6) is 0 Å². The predicted octanol–water partition coefficient (Wildman–Crippen LogP) is 2.89. The fourth-order valence-electron chi connectivity index (χ4n) is 3.34. The van der Waals surface area contributed by atoms with Crippen LogP contribution in [-0.2, 0) is 9.84 Å². The Bertz CT molecular complexity index is 1070. The van der Waals surface area contributed by atoms with Crippen molar-refractivity contribution in [3.63, 3.8) is 0 Å². The van der Waals surface area contributed by atoms with Crippen LogP contribution in [0.1, 0.15) is 23.3 Å². The molecule has 1 N–H and O–H groups in total. The van der Waals surface area contributed by atoms with E-state index in [0.29, 0.717) is 37.4 Å². The molecule has 0 spiro atoms. The molecule has 1 amide bonds. The van der Waals surface area contributed by atoms with Crippen molar-refractivity contribution >= 4 is 15.7 Å². The summed E-state index contributed by atoms with van der Waals surface area (Å²) in [6, 6.07) is 9.95. The maximum atomic E-state index is 13.1. The van der Waals surface area contributed by atoms with Gasteiger partial charge in [-0.05, 0) is 49.2 Å². The van der Waals surface area contributed by atoms with E-state index in [1.165, 1.54) is 18.4 Å². The Hall–Kier alpha value is -2.94. The van der Waals surface area contributed by atoms with Gasteiger partial charge in [-0.3, -0.25) is 9.89 Å². The van der Waals surface area contributed by atoms with Crippen LogP contribution in [0.3, 0.4) is 0 Å². The van der Waals surface area contributed by atoms with E-state index in [9.17, 15) is 17.6 Å². The minimum atomic E-state index is -3.56. The van der Waals surface area contributed by atoms with E-state index >= 15 is 0 Å². The van der Waals surface area contributed by atoms with Gasteiger partial charge in [0.05, 0.1) is 16.4 Å². The first-order chi connectivity index (χ1) is 13.4. The average molecular weight is 403 g/mol. The molecule has 0 saturated carbocycles. The number of aromatic amines is 1. The smallest absolute Gasteiger partial charge is 0.274 e. The van der Waals surface area contributed by atoms with Crippen molar-refractivity contribution in [3.8, 4) is 11.5 Å². The highest BCUT2D eigenvalue weighted by Crippen LogP contribution is 2.26. The van der Waals surface area contributed by atoms with Crippen molar-refractivity contribution in [3.05, 3.63) is 60.2 Å². The molecule has 28 heavy (non-hydrogen) atoms. The molecular weight excluding hydrogens is 385 g/mol. The molecule has 7 nitrogen and oxygen atoms in total. The summed E-state index contributed by atoms with van der Waals surface area (Å²) in [5.74, 6) is -0.158. The number of amides is 1. The Morgan fingerprint density at radius 2 is 1.89 bits per heavy atom. The molecule has 4 rings (SSSR count). The van der Waals surface area contributed by atoms with Crippen molar-refractivity contribution in [1.82, 2.24) is 15.1 Å². The number of hydrogen-bond donors (Lipinski definition) is 1. The molecule has 3 aromatic rings. The van der Waals surface area contributed by atoms with E-state index in [4.69, 9.17) is 4.42 Å². The summed E-state index contributed by atoms with van der Waals surface area (Å²) in [5, 5.41) is 6.21. The molecule has 9 heteroatoms. The van der Waals surface area contributed by atoms with E-state index in [1.54, 1.807) is 23.1 Å². The van der Waals surface area contributed by atoms with Gasteiger partial charge in [0, 0.05) is 19.2 Å². The quantitative estimate of drug-likeness (QED) is 0.676. The first-order valence-corrected chi connectivity index (χ1v) is 10.4. The van der Waals surface area contributed by atoms with Crippen LogP contribution < -0.4 is 0 Å². The second kappa shape index (κ2) is 7.23. The molecule has 2 aromatic heterocycles. The zero-order valence-electron chi connectivity index (χ0n) is 14.8. The lowest BCUT2D eigenvalue weighted by Gasteiger charge is -2.31. The standard InChI is InChI=1S/C19H18FN3O4S/c20-13-3-5-14(6-4-13)28(25,26)15-7-9-23(10-8-15)19(24)17-12-16(21-22-17)18-2-1-11-27-18/h1-6,11-12,15H,7-10H2,(H,21,22). The summed E-state index contributed by atoms with van der Waals surface area (Å²) in [7, 11) is -3.56. The summed E-state index contributed by atoms with van der Waals surface area (Å²) < 4.78 is 43.8. The summed E-state index contributed by atoms with van der Waals surface area (Å²) in [6.07, 6.45) is 2.17. The van der Waals surface area contributed by atoms with Gasteiger partial charge in [-0.1, -0.05) is 0 Å².